The van der Waals surface area contributed by atoms with Crippen LogP contribution in [0.15, 0.2) is 23.1 Å². The predicted molar refractivity (Wildman–Crippen MR) is 77.1 cm³/mol. The Bertz CT molecular complexity index is 681. The molecule has 0 saturated heterocycles. The fourth-order valence-electron chi connectivity index (χ4n) is 2.36. The van der Waals surface area contributed by atoms with Crippen molar-refractivity contribution >= 4 is 21.4 Å². The number of anilines is 1. The van der Waals surface area contributed by atoms with Crippen molar-refractivity contribution in [2.24, 2.45) is 5.92 Å². The van der Waals surface area contributed by atoms with Gasteiger partial charge in [0.25, 0.3) is 5.69 Å². The van der Waals surface area contributed by atoms with Gasteiger partial charge in [0, 0.05) is 18.7 Å². The molecule has 0 atom stereocenters. The molecule has 0 spiro atoms. The normalized spacial score (nSPS) is 18.9. The fourth-order valence-corrected chi connectivity index (χ4v) is 4.15. The SMILES string of the molecule is Nc1cc(S(=O)(=O)N(CC2CC2)C2CC2)ccc1[N+](=O)[O-]. The van der Waals surface area contributed by atoms with E-state index in [0.717, 1.165) is 31.7 Å². The maximum Gasteiger partial charge on any atom is 0.292 e. The molecule has 2 aliphatic rings. The van der Waals surface area contributed by atoms with Gasteiger partial charge in [-0.3, -0.25) is 10.1 Å². The average molecular weight is 311 g/mol. The maximum absolute atomic E-state index is 12.7. The van der Waals surface area contributed by atoms with Crippen LogP contribution in [0, 0.1) is 16.0 Å². The van der Waals surface area contributed by atoms with E-state index in [0.29, 0.717) is 12.5 Å². The number of nitrogens with zero attached hydrogens (tertiary/aromatic N) is 2. The van der Waals surface area contributed by atoms with Crippen molar-refractivity contribution in [1.29, 1.82) is 0 Å². The van der Waals surface area contributed by atoms with Gasteiger partial charge in [-0.25, -0.2) is 8.42 Å². The summed E-state index contributed by atoms with van der Waals surface area (Å²) in [5.41, 5.74) is 5.21. The molecule has 1 aromatic rings. The van der Waals surface area contributed by atoms with Crippen molar-refractivity contribution in [2.45, 2.75) is 36.6 Å². The highest BCUT2D eigenvalue weighted by atomic mass is 32.2. The maximum atomic E-state index is 12.7. The smallest absolute Gasteiger partial charge is 0.292 e. The van der Waals surface area contributed by atoms with Crippen molar-refractivity contribution in [3.05, 3.63) is 28.3 Å². The minimum Gasteiger partial charge on any atom is -0.393 e. The van der Waals surface area contributed by atoms with Crippen molar-refractivity contribution in [3.8, 4) is 0 Å². The zero-order chi connectivity index (χ0) is 15.2. The van der Waals surface area contributed by atoms with E-state index in [4.69, 9.17) is 5.73 Å². The van der Waals surface area contributed by atoms with Crippen LogP contribution in [-0.4, -0.2) is 30.2 Å². The molecule has 114 valence electrons. The number of nitrogens with two attached hydrogens (primary N) is 1. The lowest BCUT2D eigenvalue weighted by molar-refractivity contribution is -0.383. The van der Waals surface area contributed by atoms with E-state index in [1.807, 2.05) is 0 Å². The molecule has 2 aliphatic carbocycles. The van der Waals surface area contributed by atoms with E-state index in [2.05, 4.69) is 0 Å². The van der Waals surface area contributed by atoms with Crippen molar-refractivity contribution in [2.75, 3.05) is 12.3 Å². The van der Waals surface area contributed by atoms with Crippen molar-refractivity contribution in [3.63, 3.8) is 0 Å². The Labute approximate surface area is 122 Å². The van der Waals surface area contributed by atoms with Crippen LogP contribution in [0.1, 0.15) is 25.7 Å². The molecule has 2 fully saturated rings. The Kier molecular flexibility index (Phi) is 3.37. The first-order chi connectivity index (χ1) is 9.89. The lowest BCUT2D eigenvalue weighted by Crippen LogP contribution is -2.35. The summed E-state index contributed by atoms with van der Waals surface area (Å²) >= 11 is 0. The lowest BCUT2D eigenvalue weighted by Gasteiger charge is -2.21. The molecular formula is C13H17N3O4S. The summed E-state index contributed by atoms with van der Waals surface area (Å²) in [7, 11) is -3.63. The van der Waals surface area contributed by atoms with Gasteiger partial charge in [0.15, 0.2) is 0 Å². The fraction of sp³-hybridized carbons (Fsp3) is 0.538. The van der Waals surface area contributed by atoms with Gasteiger partial charge in [0.05, 0.1) is 9.82 Å². The summed E-state index contributed by atoms with van der Waals surface area (Å²) in [6.45, 7) is 0.546. The van der Waals surface area contributed by atoms with E-state index < -0.39 is 14.9 Å². The van der Waals surface area contributed by atoms with E-state index in [1.165, 1.54) is 12.1 Å². The third-order valence-corrected chi connectivity index (χ3v) is 5.81. The summed E-state index contributed by atoms with van der Waals surface area (Å²) in [6.07, 6.45) is 3.91. The molecule has 0 heterocycles. The lowest BCUT2D eigenvalue weighted by atomic mass is 10.3. The molecular weight excluding hydrogens is 294 g/mol. The standard InChI is InChI=1S/C13H17N3O4S/c14-12-7-11(5-6-13(12)16(17)18)21(19,20)15(10-3-4-10)8-9-1-2-9/h5-7,9-10H,1-4,8,14H2. The van der Waals surface area contributed by atoms with Crippen LogP contribution < -0.4 is 5.73 Å². The zero-order valence-electron chi connectivity index (χ0n) is 11.4. The molecule has 0 bridgehead atoms. The number of sulfonamides is 1. The first-order valence-corrected chi connectivity index (χ1v) is 8.39. The Morgan fingerprint density at radius 1 is 1.29 bits per heavy atom. The number of hydrogen-bond donors (Lipinski definition) is 1. The Balaban J connectivity index is 1.92. The molecule has 0 amide bonds. The van der Waals surface area contributed by atoms with Crippen LogP contribution in [0.4, 0.5) is 11.4 Å². The third kappa shape index (κ3) is 2.86. The monoisotopic (exact) mass is 311 g/mol. The van der Waals surface area contributed by atoms with Crippen LogP contribution in [0.3, 0.4) is 0 Å². The predicted octanol–water partition coefficient (Wildman–Crippen LogP) is 1.74. The van der Waals surface area contributed by atoms with Gasteiger partial charge in [-0.05, 0) is 43.7 Å². The molecule has 0 unspecified atom stereocenters. The first kappa shape index (κ1) is 14.3. The van der Waals surface area contributed by atoms with Gasteiger partial charge in [-0.15, -0.1) is 0 Å². The molecule has 3 rings (SSSR count). The Hall–Kier alpha value is -1.67. The highest BCUT2D eigenvalue weighted by Gasteiger charge is 2.41. The molecule has 1 aromatic carbocycles. The van der Waals surface area contributed by atoms with Crippen LogP contribution in [0.2, 0.25) is 0 Å². The highest BCUT2D eigenvalue weighted by molar-refractivity contribution is 7.89. The Morgan fingerprint density at radius 2 is 1.95 bits per heavy atom. The second-order valence-electron chi connectivity index (χ2n) is 5.73. The number of rotatable bonds is 6. The minimum atomic E-state index is -3.63. The molecule has 0 aromatic heterocycles. The molecule has 8 heteroatoms. The van der Waals surface area contributed by atoms with Crippen LogP contribution in [0.5, 0.6) is 0 Å². The summed E-state index contributed by atoms with van der Waals surface area (Å²) < 4.78 is 27.0. The molecule has 0 aliphatic heterocycles. The van der Waals surface area contributed by atoms with Gasteiger partial charge >= 0.3 is 0 Å². The summed E-state index contributed by atoms with van der Waals surface area (Å²) in [4.78, 5) is 10.2. The molecule has 21 heavy (non-hydrogen) atoms. The quantitative estimate of drug-likeness (QED) is 0.489. The van der Waals surface area contributed by atoms with Gasteiger partial charge in [-0.2, -0.15) is 4.31 Å². The Morgan fingerprint density at radius 3 is 2.43 bits per heavy atom. The van der Waals surface area contributed by atoms with Crippen molar-refractivity contribution < 1.29 is 13.3 Å². The minimum absolute atomic E-state index is 0.0400. The average Bonchev–Trinajstić information content (AvgIpc) is 3.27. The van der Waals surface area contributed by atoms with E-state index in [9.17, 15) is 18.5 Å². The van der Waals surface area contributed by atoms with Gasteiger partial charge in [0.1, 0.15) is 5.69 Å². The zero-order valence-corrected chi connectivity index (χ0v) is 12.3. The summed E-state index contributed by atoms with van der Waals surface area (Å²) in [5.74, 6) is 0.454. The second kappa shape index (κ2) is 4.96. The topological polar surface area (TPSA) is 107 Å². The number of benzene rings is 1. The summed E-state index contributed by atoms with van der Waals surface area (Å²) in [5, 5.41) is 10.8. The van der Waals surface area contributed by atoms with Gasteiger partial charge in [0.2, 0.25) is 10.0 Å². The highest BCUT2D eigenvalue weighted by Crippen LogP contribution is 2.38. The summed E-state index contributed by atoms with van der Waals surface area (Å²) in [6, 6.07) is 3.69. The molecule has 2 N–H and O–H groups in total. The molecule has 7 nitrogen and oxygen atoms in total. The van der Waals surface area contributed by atoms with Gasteiger partial charge < -0.3 is 5.73 Å². The van der Waals surface area contributed by atoms with E-state index in [-0.39, 0.29) is 22.3 Å². The molecule has 0 radical (unpaired) electrons. The number of nitrogen functional groups attached to an aromatic ring is 1. The first-order valence-electron chi connectivity index (χ1n) is 6.95. The van der Waals surface area contributed by atoms with Gasteiger partial charge in [-0.1, -0.05) is 0 Å². The van der Waals surface area contributed by atoms with Crippen molar-refractivity contribution in [1.82, 2.24) is 4.31 Å². The largest absolute Gasteiger partial charge is 0.393 e. The number of hydrogen-bond acceptors (Lipinski definition) is 5. The third-order valence-electron chi connectivity index (χ3n) is 3.89. The van der Waals surface area contributed by atoms with Crippen LogP contribution in [-0.2, 0) is 10.0 Å². The van der Waals surface area contributed by atoms with Crippen LogP contribution >= 0.6 is 0 Å². The molecule has 2 saturated carbocycles. The van der Waals surface area contributed by atoms with E-state index in [1.54, 1.807) is 4.31 Å². The number of nitro groups is 1. The second-order valence-corrected chi connectivity index (χ2v) is 7.62. The van der Waals surface area contributed by atoms with Crippen LogP contribution in [0.25, 0.3) is 0 Å². The number of nitro benzene ring substituents is 1. The van der Waals surface area contributed by atoms with E-state index >= 15 is 0 Å².